The quantitative estimate of drug-likeness (QED) is 0.0888. The van der Waals surface area contributed by atoms with E-state index in [1.807, 2.05) is 170 Å². The minimum Gasteiger partial charge on any atom is -0.478 e. The average molecular weight is 1560 g/mol. The van der Waals surface area contributed by atoms with E-state index >= 15 is 0 Å². The monoisotopic (exact) mass is 1560 g/mol. The van der Waals surface area contributed by atoms with Crippen molar-refractivity contribution in [3.63, 3.8) is 0 Å². The molecule has 19 rings (SSSR count). The molecule has 0 unspecified atom stereocenters. The second kappa shape index (κ2) is 32.9. The standard InChI is InChI=1S/C20H13NO2S.C15H11NO2S.C14H9NO2S.C14H8O3S.2C14H10OS/c22-12-13-6-9-18-17(10-13)16-8-7-15(11-19(16)24-18)21-20(23)14-4-2-1-3-5-14;1-9(18)16-11-3-5-15-13(7-11)12-6-10(8-17)2-4-14(12)19-15;15-14(17)10-3-1-2-9-11-6-8(7-16)4-5-12(11)18-13(9)10;15-7-8-4-5-12-11(6-8)9-2-1-3-10(14(16)17)13(9)18-12;1-9-2-4-13-11(6-9)12-7-10(8-15)3-5-14(12)16-13;1-9-6-10(8-15)7-12-11-4-2-3-5-13(11)16-14(9)12/h1-12H,(H,21,23);2-8H,1H3,(H,16,18);1-7H,(H2,15,17);1-7H,(H,16,17);2*2-8H,1H3. The summed E-state index contributed by atoms with van der Waals surface area (Å²) in [5.41, 5.74) is 14.9. The number of rotatable bonds is 11. The molecule has 5 N–H and O–H groups in total. The Bertz CT molecular complexity index is 6850. The molecule has 111 heavy (non-hydrogen) atoms. The molecule has 0 radical (unpaired) electrons. The summed E-state index contributed by atoms with van der Waals surface area (Å²) < 4.78 is 13.2. The number of benzene rings is 13. The number of thiophene rings is 6. The van der Waals surface area contributed by atoms with Crippen LogP contribution in [-0.2, 0) is 4.79 Å². The molecule has 0 atom stereocenters. The molecule has 0 bridgehead atoms. The summed E-state index contributed by atoms with van der Waals surface area (Å²) in [7, 11) is 0. The Morgan fingerprint density at radius 2 is 0.694 bits per heavy atom. The van der Waals surface area contributed by atoms with Gasteiger partial charge in [-0.2, -0.15) is 0 Å². The Morgan fingerprint density at radius 1 is 0.315 bits per heavy atom. The predicted octanol–water partition coefficient (Wildman–Crippen LogP) is 23.8. The number of anilines is 2. The van der Waals surface area contributed by atoms with E-state index < -0.39 is 11.9 Å². The van der Waals surface area contributed by atoms with Crippen LogP contribution in [0.25, 0.3) is 121 Å². The fraction of sp³-hybridized carbons (Fsp3) is 0.0330. The first-order valence-electron chi connectivity index (χ1n) is 34.5. The molecule has 0 aliphatic rings. The number of nitrogens with one attached hydrogen (secondary N) is 2. The molecule has 6 heterocycles. The van der Waals surface area contributed by atoms with Crippen LogP contribution in [0.4, 0.5) is 11.4 Å². The summed E-state index contributed by atoms with van der Waals surface area (Å²) in [6.45, 7) is 5.64. The van der Waals surface area contributed by atoms with Crippen molar-refractivity contribution in [2.75, 3.05) is 10.6 Å². The molecule has 0 spiro atoms. The van der Waals surface area contributed by atoms with Crippen molar-refractivity contribution in [1.29, 1.82) is 0 Å². The highest BCUT2D eigenvalue weighted by Crippen LogP contribution is 2.42. The van der Waals surface area contributed by atoms with Crippen molar-refractivity contribution < 1.29 is 53.1 Å². The Kier molecular flexibility index (Phi) is 22.2. The molecule has 0 aliphatic carbocycles. The van der Waals surface area contributed by atoms with Gasteiger partial charge in [-0.05, 0) is 165 Å². The lowest BCUT2D eigenvalue weighted by Crippen LogP contribution is -2.11. The van der Waals surface area contributed by atoms with E-state index in [1.54, 1.807) is 93.9 Å². The van der Waals surface area contributed by atoms with E-state index in [4.69, 9.17) is 10.8 Å². The zero-order valence-electron chi connectivity index (χ0n) is 59.2. The van der Waals surface area contributed by atoms with Gasteiger partial charge in [-0.25, -0.2) is 4.79 Å². The number of aryl methyl sites for hydroxylation is 2. The molecular weight excluding hydrogens is 1500 g/mol. The highest BCUT2D eigenvalue weighted by molar-refractivity contribution is 7.28. The van der Waals surface area contributed by atoms with Gasteiger partial charge in [0, 0.05) is 174 Å². The summed E-state index contributed by atoms with van der Waals surface area (Å²) in [5.74, 6) is -1.57. The maximum Gasteiger partial charge on any atom is 0.337 e. The van der Waals surface area contributed by atoms with Crippen LogP contribution in [-0.4, -0.2) is 66.5 Å². The van der Waals surface area contributed by atoms with Gasteiger partial charge >= 0.3 is 5.97 Å². The van der Waals surface area contributed by atoms with Gasteiger partial charge in [0.25, 0.3) is 5.91 Å². The third-order valence-electron chi connectivity index (χ3n) is 18.3. The number of carbonyl (C=O) groups is 10. The van der Waals surface area contributed by atoms with Crippen LogP contribution in [0.2, 0.25) is 0 Å². The topological polar surface area (TPSA) is 241 Å². The molecule has 0 fully saturated rings. The first-order chi connectivity index (χ1) is 53.9. The lowest BCUT2D eigenvalue weighted by Gasteiger charge is -2.05. The van der Waals surface area contributed by atoms with Crippen molar-refractivity contribution in [2.24, 2.45) is 5.73 Å². The van der Waals surface area contributed by atoms with Gasteiger partial charge in [0.1, 0.15) is 37.7 Å². The van der Waals surface area contributed by atoms with Crippen LogP contribution in [0.3, 0.4) is 0 Å². The number of carboxylic acids is 1. The van der Waals surface area contributed by atoms with E-state index in [1.165, 1.54) is 81.1 Å². The molecule has 19 aromatic rings. The molecule has 0 saturated carbocycles. The van der Waals surface area contributed by atoms with Gasteiger partial charge < -0.3 is 21.5 Å². The van der Waals surface area contributed by atoms with Crippen molar-refractivity contribution in [1.82, 2.24) is 0 Å². The number of amides is 3. The van der Waals surface area contributed by atoms with E-state index in [-0.39, 0.29) is 11.8 Å². The average Bonchev–Trinajstić information content (AvgIpc) is 1.63. The molecule has 6 aromatic heterocycles. The van der Waals surface area contributed by atoms with Crippen LogP contribution >= 0.6 is 68.0 Å². The minimum absolute atomic E-state index is 0.0903. The summed E-state index contributed by atoms with van der Waals surface area (Å²) >= 11 is 9.85. The summed E-state index contributed by atoms with van der Waals surface area (Å²) in [4.78, 5) is 111. The van der Waals surface area contributed by atoms with Gasteiger partial charge in [-0.1, -0.05) is 109 Å². The van der Waals surface area contributed by atoms with E-state index in [0.717, 1.165) is 141 Å². The first kappa shape index (κ1) is 74.9. The largest absolute Gasteiger partial charge is 0.478 e. The highest BCUT2D eigenvalue weighted by atomic mass is 32.1. The van der Waals surface area contributed by atoms with Gasteiger partial charge in [0.2, 0.25) is 11.8 Å². The van der Waals surface area contributed by atoms with Crippen LogP contribution in [0.5, 0.6) is 0 Å². The van der Waals surface area contributed by atoms with Crippen molar-refractivity contribution in [3.8, 4) is 0 Å². The Morgan fingerprint density at radius 3 is 1.21 bits per heavy atom. The van der Waals surface area contributed by atoms with E-state index in [0.29, 0.717) is 38.9 Å². The smallest absolute Gasteiger partial charge is 0.337 e. The lowest BCUT2D eigenvalue weighted by molar-refractivity contribution is -0.114. The number of aldehydes is 6. The fourth-order valence-corrected chi connectivity index (χ4v) is 19.9. The fourth-order valence-electron chi connectivity index (χ4n) is 13.1. The Hall–Kier alpha value is -12.9. The van der Waals surface area contributed by atoms with Crippen LogP contribution in [0.15, 0.2) is 249 Å². The predicted molar refractivity (Wildman–Crippen MR) is 462 cm³/mol. The van der Waals surface area contributed by atoms with E-state index in [2.05, 4.69) is 54.8 Å². The van der Waals surface area contributed by atoms with Crippen molar-refractivity contribution in [3.05, 3.63) is 310 Å². The second-order valence-corrected chi connectivity index (χ2v) is 32.2. The SMILES string of the molecule is CC(=O)Nc1ccc2sc3ccc(C=O)cc3c2c1.Cc1cc(C=O)cc2c1sc1ccccc12.Cc1ccc2sc3ccc(C=O)cc3c2c1.NC(=O)c1cccc2c1sc1ccc(C=O)cc12.O=Cc1ccc2sc3c(C(=O)O)cccc3c2c1.O=Cc1ccc2sc3cc(NC(=O)c4ccccc4)ccc3c2c1. The molecule has 0 saturated heterocycles. The highest BCUT2D eigenvalue weighted by Gasteiger charge is 2.17. The normalized spacial score (nSPS) is 10.9. The third-order valence-corrected chi connectivity index (χ3v) is 25.5. The number of aromatic carboxylic acids is 1. The van der Waals surface area contributed by atoms with Gasteiger partial charge in [0.05, 0.1) is 15.8 Å². The molecule has 3 amide bonds. The molecule has 20 heteroatoms. The van der Waals surface area contributed by atoms with Gasteiger partial charge in [0.15, 0.2) is 0 Å². The molecular formula is C91H61N3O11S6. The third kappa shape index (κ3) is 16.0. The maximum absolute atomic E-state index is 12.3. The lowest BCUT2D eigenvalue weighted by atomic mass is 10.1. The molecule has 0 aliphatic heterocycles. The number of primary amides is 1. The maximum atomic E-state index is 12.3. The number of nitrogens with two attached hydrogens (primary N) is 1. The molecule has 13 aromatic carbocycles. The van der Waals surface area contributed by atoms with Gasteiger partial charge in [-0.15, -0.1) is 68.0 Å². The summed E-state index contributed by atoms with van der Waals surface area (Å²) in [6, 6.07) is 78.4. The van der Waals surface area contributed by atoms with E-state index in [9.17, 15) is 47.9 Å². The number of carboxylic acid groups (broad SMARTS) is 1. The van der Waals surface area contributed by atoms with Crippen LogP contribution < -0.4 is 16.4 Å². The zero-order chi connectivity index (χ0) is 77.6. The minimum atomic E-state index is -0.928. The molecule has 542 valence electrons. The first-order valence-corrected chi connectivity index (χ1v) is 39.4. The number of carbonyl (C=O) groups excluding carboxylic acids is 9. The number of hydrogen-bond donors (Lipinski definition) is 4. The molecule has 14 nitrogen and oxygen atoms in total. The number of hydrogen-bond acceptors (Lipinski definition) is 16. The number of fused-ring (bicyclic) bond motifs is 18. The van der Waals surface area contributed by atoms with Crippen LogP contribution in [0.1, 0.15) is 111 Å². The van der Waals surface area contributed by atoms with Crippen molar-refractivity contribution >= 4 is 262 Å². The van der Waals surface area contributed by atoms with Crippen LogP contribution in [0, 0.1) is 13.8 Å². The Balaban J connectivity index is 0.000000111. The summed E-state index contributed by atoms with van der Waals surface area (Å²) in [6.07, 6.45) is 5.14. The second-order valence-electron chi connectivity index (χ2n) is 25.8. The zero-order valence-corrected chi connectivity index (χ0v) is 64.1. The Labute approximate surface area is 656 Å². The van der Waals surface area contributed by atoms with Crippen molar-refractivity contribution in [2.45, 2.75) is 20.8 Å². The summed E-state index contributed by atoms with van der Waals surface area (Å²) in [5, 5.41) is 27.8. The van der Waals surface area contributed by atoms with Gasteiger partial charge in [-0.3, -0.25) is 43.2 Å².